The Bertz CT molecular complexity index is 754. The zero-order valence-corrected chi connectivity index (χ0v) is 14.3. The van der Waals surface area contributed by atoms with E-state index in [1.54, 1.807) is 0 Å². The van der Waals surface area contributed by atoms with Crippen molar-refractivity contribution in [2.24, 2.45) is 0 Å². The predicted molar refractivity (Wildman–Crippen MR) is 85.2 cm³/mol. The van der Waals surface area contributed by atoms with E-state index in [2.05, 4.69) is 31.2 Å². The second-order valence-corrected chi connectivity index (χ2v) is 9.01. The summed E-state index contributed by atoms with van der Waals surface area (Å²) in [5, 5.41) is 12.6. The molecule has 5 nitrogen and oxygen atoms in total. The van der Waals surface area contributed by atoms with Crippen molar-refractivity contribution in [1.29, 1.82) is 0 Å². The van der Waals surface area contributed by atoms with Gasteiger partial charge in [0.1, 0.15) is 13.0 Å². The number of halogens is 3. The van der Waals surface area contributed by atoms with Crippen LogP contribution in [0.5, 0.6) is 5.75 Å². The number of hydrogen-bond acceptors (Lipinski definition) is 5. The number of rotatable bonds is 3. The summed E-state index contributed by atoms with van der Waals surface area (Å²) < 4.78 is 26.4. The van der Waals surface area contributed by atoms with Gasteiger partial charge in [0.2, 0.25) is 5.28 Å². The minimum absolute atomic E-state index is 0.0117. The van der Waals surface area contributed by atoms with Gasteiger partial charge in [0.05, 0.1) is 10.2 Å². The zero-order chi connectivity index (χ0) is 15.8. The minimum atomic E-state index is -2.75. The van der Waals surface area contributed by atoms with Crippen molar-refractivity contribution in [2.45, 2.75) is 0 Å². The highest BCUT2D eigenvalue weighted by molar-refractivity contribution is 9.10. The number of anilines is 2. The molecule has 0 aliphatic rings. The van der Waals surface area contributed by atoms with Crippen LogP contribution in [-0.2, 0) is 4.57 Å². The summed E-state index contributed by atoms with van der Waals surface area (Å²) in [7, 11) is -2.75. The Morgan fingerprint density at radius 3 is 2.71 bits per heavy atom. The molecular weight excluding hydrogens is 383 g/mol. The van der Waals surface area contributed by atoms with Gasteiger partial charge in [0.15, 0.2) is 11.6 Å². The third kappa shape index (κ3) is 3.73. The maximum absolute atomic E-state index is 13.6. The molecule has 0 aliphatic heterocycles. The van der Waals surface area contributed by atoms with Crippen LogP contribution in [0.4, 0.5) is 15.9 Å². The van der Waals surface area contributed by atoms with E-state index in [-0.39, 0.29) is 11.0 Å². The third-order valence-corrected chi connectivity index (χ3v) is 4.91. The lowest BCUT2D eigenvalue weighted by Crippen LogP contribution is -2.11. The number of nitrogens with one attached hydrogen (secondary N) is 1. The summed E-state index contributed by atoms with van der Waals surface area (Å²) in [5.41, 5.74) is 0.245. The highest BCUT2D eigenvalue weighted by atomic mass is 79.9. The maximum Gasteiger partial charge on any atom is 0.224 e. The molecule has 0 radical (unpaired) electrons. The number of hydrogen-bond donors (Lipinski definition) is 2. The van der Waals surface area contributed by atoms with Gasteiger partial charge in [-0.3, -0.25) is 0 Å². The molecule has 0 bridgehead atoms. The van der Waals surface area contributed by atoms with E-state index < -0.39 is 18.7 Å². The molecule has 1 aromatic carbocycles. The van der Waals surface area contributed by atoms with Crippen LogP contribution < -0.4 is 10.6 Å². The van der Waals surface area contributed by atoms with Gasteiger partial charge in [-0.05, 0) is 46.9 Å². The van der Waals surface area contributed by atoms with Crippen LogP contribution in [0.25, 0.3) is 0 Å². The first-order chi connectivity index (χ1) is 9.68. The Morgan fingerprint density at radius 2 is 2.10 bits per heavy atom. The van der Waals surface area contributed by atoms with Crippen LogP contribution in [0, 0.1) is 5.82 Å². The van der Waals surface area contributed by atoms with Crippen LogP contribution in [0.3, 0.4) is 0 Å². The molecule has 112 valence electrons. The van der Waals surface area contributed by atoms with Gasteiger partial charge in [-0.25, -0.2) is 9.37 Å². The zero-order valence-electron chi connectivity index (χ0n) is 11.1. The first-order valence-corrected chi connectivity index (χ1v) is 9.49. The molecule has 0 fully saturated rings. The van der Waals surface area contributed by atoms with E-state index >= 15 is 0 Å². The van der Waals surface area contributed by atoms with Crippen molar-refractivity contribution in [3.63, 3.8) is 0 Å². The van der Waals surface area contributed by atoms with Crippen LogP contribution >= 0.6 is 34.7 Å². The Kier molecular flexibility index (Phi) is 4.56. The molecule has 0 saturated carbocycles. The Morgan fingerprint density at radius 1 is 1.43 bits per heavy atom. The second-order valence-electron chi connectivity index (χ2n) is 4.63. The fourth-order valence-electron chi connectivity index (χ4n) is 1.66. The average molecular weight is 395 g/mol. The molecule has 0 atom stereocenters. The van der Waals surface area contributed by atoms with Gasteiger partial charge in [0.25, 0.3) is 0 Å². The first kappa shape index (κ1) is 16.2. The summed E-state index contributed by atoms with van der Waals surface area (Å²) in [6, 6.07) is 2.21. The maximum atomic E-state index is 13.6. The third-order valence-electron chi connectivity index (χ3n) is 2.61. The van der Waals surface area contributed by atoms with E-state index in [0.29, 0.717) is 15.6 Å². The molecule has 0 aliphatic carbocycles. The molecule has 0 spiro atoms. The van der Waals surface area contributed by atoms with Gasteiger partial charge in [-0.2, -0.15) is 4.98 Å². The van der Waals surface area contributed by atoms with Gasteiger partial charge in [-0.1, -0.05) is 0 Å². The quantitative estimate of drug-likeness (QED) is 0.471. The van der Waals surface area contributed by atoms with E-state index in [1.165, 1.54) is 19.5 Å². The number of phenols is 1. The summed E-state index contributed by atoms with van der Waals surface area (Å²) in [6.07, 6.45) is 1.44. The fraction of sp³-hybridized carbons (Fsp3) is 0.167. The topological polar surface area (TPSA) is 75.1 Å². The average Bonchev–Trinajstić information content (AvgIpc) is 2.36. The van der Waals surface area contributed by atoms with Crippen molar-refractivity contribution in [1.82, 2.24) is 9.97 Å². The molecule has 0 unspecified atom stereocenters. The Hall–Kier alpha value is -1.17. The highest BCUT2D eigenvalue weighted by Gasteiger charge is 2.20. The van der Waals surface area contributed by atoms with Gasteiger partial charge in [-0.15, -0.1) is 0 Å². The van der Waals surface area contributed by atoms with Gasteiger partial charge < -0.3 is 15.0 Å². The molecule has 2 N–H and O–H groups in total. The Balaban J connectivity index is 2.56. The lowest BCUT2D eigenvalue weighted by atomic mass is 10.3. The van der Waals surface area contributed by atoms with Crippen molar-refractivity contribution in [2.75, 3.05) is 18.6 Å². The largest absolute Gasteiger partial charge is 0.505 e. The van der Waals surface area contributed by atoms with Crippen molar-refractivity contribution < 1.29 is 14.1 Å². The lowest BCUT2D eigenvalue weighted by molar-refractivity contribution is 0.433. The standard InChI is InChI=1S/C12H11BrClFN3O2P/c1-21(2,20)10-4-9(19)7(15)3-8(10)17-11-6(13)5-16-12(14)18-11/h3-5,19H,1-2H3,(H,16,17,18). The molecule has 1 aromatic heterocycles. The van der Waals surface area contributed by atoms with E-state index in [4.69, 9.17) is 11.6 Å². The SMILES string of the molecule is CP(C)(=O)c1cc(O)c(F)cc1Nc1nc(Cl)ncc1Br. The monoisotopic (exact) mass is 393 g/mol. The van der Waals surface area contributed by atoms with Crippen LogP contribution in [-0.4, -0.2) is 28.4 Å². The number of phenolic OH excluding ortho intramolecular Hbond substituents is 1. The molecular formula is C12H11BrClFN3O2P. The van der Waals surface area contributed by atoms with Crippen molar-refractivity contribution in [3.8, 4) is 5.75 Å². The van der Waals surface area contributed by atoms with E-state index in [0.717, 1.165) is 12.1 Å². The molecule has 9 heteroatoms. The van der Waals surface area contributed by atoms with Crippen molar-refractivity contribution >= 4 is 51.5 Å². The summed E-state index contributed by atoms with van der Waals surface area (Å²) in [6.45, 7) is 3.04. The second kappa shape index (κ2) is 5.91. The summed E-state index contributed by atoms with van der Waals surface area (Å²) in [5.74, 6) is -1.08. The molecule has 1 heterocycles. The van der Waals surface area contributed by atoms with Crippen molar-refractivity contribution in [3.05, 3.63) is 33.9 Å². The van der Waals surface area contributed by atoms with Crippen LogP contribution in [0.2, 0.25) is 5.28 Å². The van der Waals surface area contributed by atoms with E-state index in [9.17, 15) is 14.1 Å². The number of aromatic hydroxyl groups is 1. The lowest BCUT2D eigenvalue weighted by Gasteiger charge is -2.16. The number of benzene rings is 1. The fourth-order valence-corrected chi connectivity index (χ4v) is 3.21. The van der Waals surface area contributed by atoms with Crippen LogP contribution in [0.15, 0.2) is 22.8 Å². The van der Waals surface area contributed by atoms with Gasteiger partial charge >= 0.3 is 0 Å². The summed E-state index contributed by atoms with van der Waals surface area (Å²) in [4.78, 5) is 7.75. The number of aromatic nitrogens is 2. The number of nitrogens with zero attached hydrogens (tertiary/aromatic N) is 2. The molecule has 0 amide bonds. The smallest absolute Gasteiger partial charge is 0.224 e. The first-order valence-electron chi connectivity index (χ1n) is 5.71. The molecule has 0 saturated heterocycles. The normalized spacial score (nSPS) is 11.5. The van der Waals surface area contributed by atoms with Gasteiger partial charge in [0, 0.05) is 17.6 Å². The minimum Gasteiger partial charge on any atom is -0.505 e. The highest BCUT2D eigenvalue weighted by Crippen LogP contribution is 2.40. The van der Waals surface area contributed by atoms with Crippen LogP contribution in [0.1, 0.15) is 0 Å². The summed E-state index contributed by atoms with van der Waals surface area (Å²) >= 11 is 8.95. The molecule has 2 aromatic rings. The predicted octanol–water partition coefficient (Wildman–Crippen LogP) is 3.73. The van der Waals surface area contributed by atoms with E-state index in [1.807, 2.05) is 0 Å². The Labute approximate surface area is 134 Å². The molecule has 2 rings (SSSR count). The molecule has 21 heavy (non-hydrogen) atoms.